The van der Waals surface area contributed by atoms with Crippen molar-refractivity contribution in [2.75, 3.05) is 0 Å². The monoisotopic (exact) mass is 364 g/mol. The topological polar surface area (TPSA) is 111 Å². The zero-order chi connectivity index (χ0) is 17.8. The van der Waals surface area contributed by atoms with Crippen LogP contribution in [0.5, 0.6) is 0 Å². The maximum absolute atomic E-state index is 12.3. The van der Waals surface area contributed by atoms with E-state index in [4.69, 9.17) is 0 Å². The molecule has 0 radical (unpaired) electrons. The maximum Gasteiger partial charge on any atom is 0.253 e. The van der Waals surface area contributed by atoms with E-state index >= 15 is 0 Å². The summed E-state index contributed by atoms with van der Waals surface area (Å²) >= 11 is 1.46. The number of hydrogen-bond donors (Lipinski definition) is 1. The summed E-state index contributed by atoms with van der Waals surface area (Å²) in [5, 5.41) is 12.9. The van der Waals surface area contributed by atoms with Crippen molar-refractivity contribution in [1.29, 1.82) is 0 Å². The molecular formula is C16H12N8OS. The average Bonchev–Trinajstić information content (AvgIpc) is 3.39. The van der Waals surface area contributed by atoms with Gasteiger partial charge in [0.05, 0.1) is 24.0 Å². The van der Waals surface area contributed by atoms with E-state index in [1.54, 1.807) is 47.9 Å². The molecule has 0 saturated heterocycles. The number of nitrogens with one attached hydrogen (secondary N) is 1. The fourth-order valence-corrected chi connectivity index (χ4v) is 2.96. The standard InChI is InChI=1S/C16H12N8OS/c25-15(11-1-2-14(19-5-11)24-9-21-22-10-24)20-6-12-8-26-16(23-12)13-7-17-3-4-18-13/h1-5,7-10H,6H2,(H,20,25). The number of amides is 1. The van der Waals surface area contributed by atoms with Crippen LogP contribution in [0, 0.1) is 0 Å². The van der Waals surface area contributed by atoms with Crippen LogP contribution in [0.4, 0.5) is 0 Å². The van der Waals surface area contributed by atoms with Gasteiger partial charge in [0, 0.05) is 24.0 Å². The Balaban J connectivity index is 1.39. The van der Waals surface area contributed by atoms with Crippen LogP contribution >= 0.6 is 11.3 Å². The van der Waals surface area contributed by atoms with Crippen molar-refractivity contribution in [1.82, 2.24) is 40.0 Å². The van der Waals surface area contributed by atoms with Crippen LogP contribution < -0.4 is 5.32 Å². The largest absolute Gasteiger partial charge is 0.346 e. The first kappa shape index (κ1) is 16.0. The number of aromatic nitrogens is 7. The molecule has 0 aliphatic carbocycles. The lowest BCUT2D eigenvalue weighted by Gasteiger charge is -2.04. The number of pyridine rings is 1. The second-order valence-corrected chi connectivity index (χ2v) is 6.05. The van der Waals surface area contributed by atoms with Gasteiger partial charge in [-0.05, 0) is 12.1 Å². The van der Waals surface area contributed by atoms with Crippen LogP contribution in [0.25, 0.3) is 16.5 Å². The third-order valence-corrected chi connectivity index (χ3v) is 4.37. The van der Waals surface area contributed by atoms with Gasteiger partial charge in [-0.1, -0.05) is 0 Å². The molecule has 4 rings (SSSR count). The molecule has 0 atom stereocenters. The van der Waals surface area contributed by atoms with Crippen molar-refractivity contribution in [2.45, 2.75) is 6.54 Å². The van der Waals surface area contributed by atoms with Gasteiger partial charge in [0.15, 0.2) is 0 Å². The second kappa shape index (κ2) is 7.15. The smallest absolute Gasteiger partial charge is 0.253 e. The summed E-state index contributed by atoms with van der Waals surface area (Å²) in [4.78, 5) is 29.2. The Morgan fingerprint density at radius 2 is 2.00 bits per heavy atom. The van der Waals surface area contributed by atoms with Crippen LogP contribution in [-0.2, 0) is 6.54 Å². The third kappa shape index (κ3) is 3.44. The van der Waals surface area contributed by atoms with E-state index in [9.17, 15) is 4.79 Å². The molecule has 1 N–H and O–H groups in total. The summed E-state index contributed by atoms with van der Waals surface area (Å²) in [5.41, 5.74) is 1.94. The Bertz CT molecular complexity index is 998. The Hall–Kier alpha value is -3.53. The molecule has 0 saturated carbocycles. The van der Waals surface area contributed by atoms with Crippen LogP contribution in [0.1, 0.15) is 16.1 Å². The van der Waals surface area contributed by atoms with Crippen molar-refractivity contribution in [2.24, 2.45) is 0 Å². The number of rotatable bonds is 5. The molecule has 0 aliphatic heterocycles. The van der Waals surface area contributed by atoms with E-state index in [0.29, 0.717) is 23.6 Å². The molecule has 1 amide bonds. The van der Waals surface area contributed by atoms with Crippen molar-refractivity contribution >= 4 is 17.2 Å². The van der Waals surface area contributed by atoms with Gasteiger partial charge >= 0.3 is 0 Å². The van der Waals surface area contributed by atoms with Crippen molar-refractivity contribution in [3.05, 3.63) is 66.2 Å². The van der Waals surface area contributed by atoms with Gasteiger partial charge < -0.3 is 5.32 Å². The van der Waals surface area contributed by atoms with Crippen molar-refractivity contribution < 1.29 is 4.79 Å². The zero-order valence-corrected chi connectivity index (χ0v) is 14.2. The Kier molecular flexibility index (Phi) is 4.39. The van der Waals surface area contributed by atoms with E-state index in [1.807, 2.05) is 5.38 Å². The van der Waals surface area contributed by atoms with Crippen LogP contribution in [-0.4, -0.2) is 40.6 Å². The van der Waals surface area contributed by atoms with Crippen molar-refractivity contribution in [3.8, 4) is 16.5 Å². The van der Waals surface area contributed by atoms with Crippen LogP contribution in [0.2, 0.25) is 0 Å². The molecule has 0 bridgehead atoms. The SMILES string of the molecule is O=C(NCc1csc(-c2cnccn2)n1)c1ccc(-n2cnnc2)nc1. The Labute approximate surface area is 151 Å². The van der Waals surface area contributed by atoms with E-state index < -0.39 is 0 Å². The number of nitrogens with zero attached hydrogens (tertiary/aromatic N) is 7. The second-order valence-electron chi connectivity index (χ2n) is 5.19. The minimum absolute atomic E-state index is 0.221. The molecule has 10 heteroatoms. The minimum atomic E-state index is -0.221. The maximum atomic E-state index is 12.3. The predicted molar refractivity (Wildman–Crippen MR) is 93.5 cm³/mol. The van der Waals surface area contributed by atoms with Gasteiger partial charge in [0.2, 0.25) is 0 Å². The fraction of sp³-hybridized carbons (Fsp3) is 0.0625. The average molecular weight is 364 g/mol. The molecule has 0 fully saturated rings. The Morgan fingerprint density at radius 1 is 1.12 bits per heavy atom. The molecule has 26 heavy (non-hydrogen) atoms. The highest BCUT2D eigenvalue weighted by Gasteiger charge is 2.10. The van der Waals surface area contributed by atoms with Crippen LogP contribution in [0.15, 0.2) is 55.0 Å². The molecule has 0 aliphatic rings. The lowest BCUT2D eigenvalue weighted by Crippen LogP contribution is -2.23. The first-order valence-electron chi connectivity index (χ1n) is 7.59. The molecular weight excluding hydrogens is 352 g/mol. The molecule has 9 nitrogen and oxygen atoms in total. The highest BCUT2D eigenvalue weighted by atomic mass is 32.1. The molecule has 0 unspecified atom stereocenters. The lowest BCUT2D eigenvalue weighted by molar-refractivity contribution is 0.0950. The van der Waals surface area contributed by atoms with E-state index in [1.165, 1.54) is 17.5 Å². The van der Waals surface area contributed by atoms with Crippen molar-refractivity contribution in [3.63, 3.8) is 0 Å². The van der Waals surface area contributed by atoms with E-state index in [2.05, 4.69) is 35.5 Å². The molecule has 0 spiro atoms. The Morgan fingerprint density at radius 3 is 2.73 bits per heavy atom. The first-order valence-corrected chi connectivity index (χ1v) is 8.47. The number of thiazole rings is 1. The zero-order valence-electron chi connectivity index (χ0n) is 13.4. The highest BCUT2D eigenvalue weighted by Crippen LogP contribution is 2.20. The summed E-state index contributed by atoms with van der Waals surface area (Å²) in [6.07, 6.45) is 9.48. The van der Waals surface area contributed by atoms with Gasteiger partial charge in [-0.2, -0.15) is 0 Å². The number of carbonyl (C=O) groups excluding carboxylic acids is 1. The summed E-state index contributed by atoms with van der Waals surface area (Å²) in [5.74, 6) is 0.418. The summed E-state index contributed by atoms with van der Waals surface area (Å²) in [6.45, 7) is 0.322. The van der Waals surface area contributed by atoms with Gasteiger partial charge in [0.1, 0.15) is 29.2 Å². The lowest BCUT2D eigenvalue weighted by atomic mass is 10.2. The minimum Gasteiger partial charge on any atom is -0.346 e. The molecule has 128 valence electrons. The number of hydrogen-bond acceptors (Lipinski definition) is 8. The number of carbonyl (C=O) groups is 1. The molecule has 4 aromatic heterocycles. The van der Waals surface area contributed by atoms with Gasteiger partial charge in [-0.15, -0.1) is 21.5 Å². The van der Waals surface area contributed by atoms with Gasteiger partial charge in [0.25, 0.3) is 5.91 Å². The molecule has 0 aromatic carbocycles. The first-order chi connectivity index (χ1) is 12.8. The fourth-order valence-electron chi connectivity index (χ4n) is 2.18. The third-order valence-electron chi connectivity index (χ3n) is 3.46. The van der Waals surface area contributed by atoms with Gasteiger partial charge in [-0.3, -0.25) is 19.3 Å². The molecule has 4 aromatic rings. The quantitative estimate of drug-likeness (QED) is 0.571. The summed E-state index contributed by atoms with van der Waals surface area (Å²) < 4.78 is 1.66. The van der Waals surface area contributed by atoms with Gasteiger partial charge in [-0.25, -0.2) is 9.97 Å². The van der Waals surface area contributed by atoms with Crippen LogP contribution in [0.3, 0.4) is 0 Å². The summed E-state index contributed by atoms with van der Waals surface area (Å²) in [6, 6.07) is 3.43. The highest BCUT2D eigenvalue weighted by molar-refractivity contribution is 7.13. The summed E-state index contributed by atoms with van der Waals surface area (Å²) in [7, 11) is 0. The van der Waals surface area contributed by atoms with E-state index in [0.717, 1.165) is 10.7 Å². The normalized spacial score (nSPS) is 10.6. The molecule has 4 heterocycles. The predicted octanol–water partition coefficient (Wildman–Crippen LogP) is 1.51. The van der Waals surface area contributed by atoms with E-state index in [-0.39, 0.29) is 5.91 Å².